The number of nitrogens with zero attached hydrogens (tertiary/aromatic N) is 1. The summed E-state index contributed by atoms with van der Waals surface area (Å²) in [6.07, 6.45) is 8.73. The number of carbonyl (C=O) groups is 1. The highest BCUT2D eigenvalue weighted by molar-refractivity contribution is 5.84. The molecule has 0 N–H and O–H groups in total. The summed E-state index contributed by atoms with van der Waals surface area (Å²) in [7, 11) is 0. The van der Waals surface area contributed by atoms with Crippen LogP contribution in [0.4, 0.5) is 0 Å². The van der Waals surface area contributed by atoms with Gasteiger partial charge in [-0.3, -0.25) is 9.59 Å². The third kappa shape index (κ3) is 4.81. The molecule has 1 aromatic carbocycles. The molecule has 0 amide bonds. The summed E-state index contributed by atoms with van der Waals surface area (Å²) >= 11 is 0. The monoisotopic (exact) mass is 341 g/mol. The van der Waals surface area contributed by atoms with Crippen LogP contribution in [0.1, 0.15) is 70.1 Å². The van der Waals surface area contributed by atoms with Crippen LogP contribution in [0.25, 0.3) is 10.9 Å². The van der Waals surface area contributed by atoms with Gasteiger partial charge < -0.3 is 4.57 Å². The van der Waals surface area contributed by atoms with Gasteiger partial charge in [-0.1, -0.05) is 58.1 Å². The number of ketones is 1. The van der Waals surface area contributed by atoms with Crippen LogP contribution in [-0.2, 0) is 17.8 Å². The van der Waals surface area contributed by atoms with Gasteiger partial charge in [0.05, 0.1) is 12.1 Å². The van der Waals surface area contributed by atoms with Gasteiger partial charge in [-0.25, -0.2) is 0 Å². The average Bonchev–Trinajstić information content (AvgIpc) is 2.64. The van der Waals surface area contributed by atoms with Gasteiger partial charge in [0, 0.05) is 23.1 Å². The maximum Gasteiger partial charge on any atom is 0.192 e. The zero-order valence-corrected chi connectivity index (χ0v) is 15.9. The molecule has 0 fully saturated rings. The van der Waals surface area contributed by atoms with Gasteiger partial charge in [0.25, 0.3) is 0 Å². The smallest absolute Gasteiger partial charge is 0.192 e. The van der Waals surface area contributed by atoms with Crippen molar-refractivity contribution in [2.24, 2.45) is 0 Å². The first-order chi connectivity index (χ1) is 12.1. The van der Waals surface area contributed by atoms with E-state index < -0.39 is 0 Å². The van der Waals surface area contributed by atoms with Gasteiger partial charge in [-0.05, 0) is 31.9 Å². The molecule has 0 aliphatic heterocycles. The van der Waals surface area contributed by atoms with Crippen LogP contribution in [-0.4, -0.2) is 10.4 Å². The minimum absolute atomic E-state index is 0.108. The molecule has 2 aromatic rings. The zero-order valence-electron chi connectivity index (χ0n) is 15.9. The van der Waals surface area contributed by atoms with E-state index in [4.69, 9.17) is 0 Å². The second-order valence-corrected chi connectivity index (χ2v) is 6.91. The number of benzene rings is 1. The van der Waals surface area contributed by atoms with Gasteiger partial charge in [-0.15, -0.1) is 0 Å². The first kappa shape index (κ1) is 19.4. The number of carbonyl (C=O) groups excluding carboxylic acids is 1. The SMILES string of the molecule is CCCCCCCCc1c(C)c(=O)c2ccccc2n1CC(=O)CC. The number of pyridine rings is 1. The minimum Gasteiger partial charge on any atom is -0.337 e. The molecule has 2 rings (SSSR count). The molecule has 1 aromatic heterocycles. The van der Waals surface area contributed by atoms with Gasteiger partial charge in [0.2, 0.25) is 0 Å². The van der Waals surface area contributed by atoms with Crippen molar-refractivity contribution in [3.8, 4) is 0 Å². The Labute approximate surface area is 151 Å². The molecule has 0 spiro atoms. The lowest BCUT2D eigenvalue weighted by molar-refractivity contribution is -0.119. The summed E-state index contributed by atoms with van der Waals surface area (Å²) in [5, 5.41) is 0.718. The third-order valence-corrected chi connectivity index (χ3v) is 5.03. The Morgan fingerprint density at radius 3 is 2.40 bits per heavy atom. The van der Waals surface area contributed by atoms with Crippen molar-refractivity contribution in [3.63, 3.8) is 0 Å². The van der Waals surface area contributed by atoms with Gasteiger partial charge in [-0.2, -0.15) is 0 Å². The van der Waals surface area contributed by atoms with E-state index in [0.29, 0.717) is 13.0 Å². The molecular formula is C22H31NO2. The highest BCUT2D eigenvalue weighted by Gasteiger charge is 2.15. The average molecular weight is 341 g/mol. The van der Waals surface area contributed by atoms with E-state index in [1.807, 2.05) is 38.1 Å². The normalized spacial score (nSPS) is 11.2. The fourth-order valence-electron chi connectivity index (χ4n) is 3.45. The van der Waals surface area contributed by atoms with Crippen LogP contribution >= 0.6 is 0 Å². The molecule has 0 unspecified atom stereocenters. The lowest BCUT2D eigenvalue weighted by atomic mass is 10.0. The molecule has 0 bridgehead atoms. The molecule has 0 atom stereocenters. The maximum atomic E-state index is 12.7. The van der Waals surface area contributed by atoms with Gasteiger partial charge >= 0.3 is 0 Å². The Balaban J connectivity index is 2.32. The van der Waals surface area contributed by atoms with E-state index in [-0.39, 0.29) is 11.2 Å². The Hall–Kier alpha value is -1.90. The van der Waals surface area contributed by atoms with Crippen LogP contribution in [0, 0.1) is 6.92 Å². The van der Waals surface area contributed by atoms with Gasteiger partial charge in [0.15, 0.2) is 11.2 Å². The topological polar surface area (TPSA) is 39.1 Å². The number of unbranched alkanes of at least 4 members (excludes halogenated alkanes) is 5. The van der Waals surface area contributed by atoms with Crippen LogP contribution in [0.2, 0.25) is 0 Å². The Morgan fingerprint density at radius 2 is 1.68 bits per heavy atom. The molecular weight excluding hydrogens is 310 g/mol. The quantitative estimate of drug-likeness (QED) is 0.558. The molecule has 0 saturated heterocycles. The summed E-state index contributed by atoms with van der Waals surface area (Å²) in [6.45, 7) is 6.40. The van der Waals surface area contributed by atoms with Crippen molar-refractivity contribution in [1.82, 2.24) is 4.57 Å². The third-order valence-electron chi connectivity index (χ3n) is 5.03. The first-order valence-electron chi connectivity index (χ1n) is 9.72. The number of aromatic nitrogens is 1. The number of hydrogen-bond donors (Lipinski definition) is 0. The summed E-state index contributed by atoms with van der Waals surface area (Å²) in [6, 6.07) is 7.66. The maximum absolute atomic E-state index is 12.7. The van der Waals surface area contributed by atoms with Crippen molar-refractivity contribution < 1.29 is 4.79 Å². The van der Waals surface area contributed by atoms with Crippen LogP contribution < -0.4 is 5.43 Å². The van der Waals surface area contributed by atoms with Crippen molar-refractivity contribution in [2.45, 2.75) is 78.7 Å². The molecule has 0 aliphatic carbocycles. The Kier molecular flexibility index (Phi) is 7.42. The van der Waals surface area contributed by atoms with E-state index in [0.717, 1.165) is 35.0 Å². The summed E-state index contributed by atoms with van der Waals surface area (Å²) in [5.41, 5.74) is 2.84. The second kappa shape index (κ2) is 9.55. The number of Topliss-reactive ketones (excluding diaryl/α,β-unsaturated/α-hetero) is 1. The molecule has 0 aliphatic rings. The number of para-hydroxylation sites is 1. The van der Waals surface area contributed by atoms with E-state index in [1.165, 1.54) is 32.1 Å². The van der Waals surface area contributed by atoms with Crippen LogP contribution in [0.15, 0.2) is 29.1 Å². The molecule has 3 heteroatoms. The lowest BCUT2D eigenvalue weighted by Crippen LogP contribution is -2.21. The molecule has 3 nitrogen and oxygen atoms in total. The van der Waals surface area contributed by atoms with E-state index in [9.17, 15) is 9.59 Å². The predicted octanol–water partition coefficient (Wildman–Crippen LogP) is 5.19. The van der Waals surface area contributed by atoms with Crippen molar-refractivity contribution >= 4 is 16.7 Å². The first-order valence-corrected chi connectivity index (χ1v) is 9.72. The fourth-order valence-corrected chi connectivity index (χ4v) is 3.45. The zero-order chi connectivity index (χ0) is 18.2. The molecule has 0 radical (unpaired) electrons. The van der Waals surface area contributed by atoms with E-state index in [2.05, 4.69) is 11.5 Å². The van der Waals surface area contributed by atoms with Crippen LogP contribution in [0.5, 0.6) is 0 Å². The number of hydrogen-bond acceptors (Lipinski definition) is 2. The van der Waals surface area contributed by atoms with Crippen molar-refractivity contribution in [3.05, 3.63) is 45.7 Å². The highest BCUT2D eigenvalue weighted by atomic mass is 16.1. The van der Waals surface area contributed by atoms with Crippen LogP contribution in [0.3, 0.4) is 0 Å². The standard InChI is InChI=1S/C22H31NO2/c1-4-6-7-8-9-10-14-20-17(3)22(25)19-13-11-12-15-21(19)23(20)16-18(24)5-2/h11-13,15H,4-10,14,16H2,1-3H3. The van der Waals surface area contributed by atoms with E-state index in [1.54, 1.807) is 0 Å². The lowest BCUT2D eigenvalue weighted by Gasteiger charge is -2.19. The summed E-state index contributed by atoms with van der Waals surface area (Å²) in [5.74, 6) is 0.206. The second-order valence-electron chi connectivity index (χ2n) is 6.91. The van der Waals surface area contributed by atoms with E-state index >= 15 is 0 Å². The molecule has 136 valence electrons. The number of fused-ring (bicyclic) bond motifs is 1. The fraction of sp³-hybridized carbons (Fsp3) is 0.545. The van der Waals surface area contributed by atoms with Gasteiger partial charge in [0.1, 0.15) is 0 Å². The predicted molar refractivity (Wildman–Crippen MR) is 105 cm³/mol. The number of rotatable bonds is 10. The Morgan fingerprint density at radius 1 is 1.00 bits per heavy atom. The highest BCUT2D eigenvalue weighted by Crippen LogP contribution is 2.19. The molecule has 1 heterocycles. The van der Waals surface area contributed by atoms with Crippen molar-refractivity contribution in [2.75, 3.05) is 0 Å². The minimum atomic E-state index is 0.108. The molecule has 0 saturated carbocycles. The summed E-state index contributed by atoms with van der Waals surface area (Å²) in [4.78, 5) is 24.9. The Bertz CT molecular complexity index is 773. The van der Waals surface area contributed by atoms with Crippen molar-refractivity contribution in [1.29, 1.82) is 0 Å². The summed E-state index contributed by atoms with van der Waals surface area (Å²) < 4.78 is 2.09. The largest absolute Gasteiger partial charge is 0.337 e. The molecule has 25 heavy (non-hydrogen) atoms.